The first-order valence-electron chi connectivity index (χ1n) is 11.2. The van der Waals surface area contributed by atoms with Crippen LogP contribution in [-0.4, -0.2) is 67.1 Å². The molecule has 0 amide bonds. The van der Waals surface area contributed by atoms with Crippen molar-refractivity contribution in [1.82, 2.24) is 9.21 Å². The van der Waals surface area contributed by atoms with Crippen LogP contribution in [0.25, 0.3) is 0 Å². The number of nitrogens with two attached hydrogens (primary N) is 2. The van der Waals surface area contributed by atoms with E-state index in [-0.39, 0.29) is 33.5 Å². The Kier molecular flexibility index (Phi) is 8.06. The van der Waals surface area contributed by atoms with Gasteiger partial charge in [0.25, 0.3) is 10.0 Å². The fraction of sp³-hybridized carbons (Fsp3) is 0.545. The van der Waals surface area contributed by atoms with Gasteiger partial charge in [0, 0.05) is 31.6 Å². The van der Waals surface area contributed by atoms with Crippen LogP contribution in [0, 0.1) is 19.8 Å². The lowest BCUT2D eigenvalue weighted by Gasteiger charge is -2.32. The number of aliphatic imine (C=N–C) groups is 2. The van der Waals surface area contributed by atoms with Crippen LogP contribution in [0.3, 0.4) is 0 Å². The second-order valence-electron chi connectivity index (χ2n) is 8.68. The van der Waals surface area contributed by atoms with E-state index in [2.05, 4.69) is 14.9 Å². The highest BCUT2D eigenvalue weighted by Crippen LogP contribution is 2.41. The Morgan fingerprint density at radius 2 is 1.85 bits per heavy atom. The number of piperazine rings is 1. The molecule has 1 aliphatic rings. The minimum absolute atomic E-state index is 0.0175. The van der Waals surface area contributed by atoms with E-state index in [1.807, 2.05) is 40.7 Å². The zero-order valence-electron chi connectivity index (χ0n) is 20.3. The predicted octanol–water partition coefficient (Wildman–Crippen LogP) is 2.73. The summed E-state index contributed by atoms with van der Waals surface area (Å²) in [6.07, 6.45) is 0. The number of hydrogen-bond donors (Lipinski definition) is 3. The molecular weight excluding hydrogens is 476 g/mol. The Bertz CT molecular complexity index is 1150. The normalized spacial score (nSPS) is 18.1. The summed E-state index contributed by atoms with van der Waals surface area (Å²) in [5.41, 5.74) is 13.2. The fourth-order valence-electron chi connectivity index (χ4n) is 3.68. The van der Waals surface area contributed by atoms with Crippen molar-refractivity contribution in [3.05, 3.63) is 28.5 Å². The minimum Gasteiger partial charge on any atom is -0.504 e. The highest BCUT2D eigenvalue weighted by molar-refractivity contribution is 7.91. The van der Waals surface area contributed by atoms with E-state index in [1.165, 1.54) is 9.69 Å². The van der Waals surface area contributed by atoms with E-state index < -0.39 is 15.8 Å². The van der Waals surface area contributed by atoms with Crippen LogP contribution in [0.1, 0.15) is 43.9 Å². The van der Waals surface area contributed by atoms with Gasteiger partial charge in [0.15, 0.2) is 21.6 Å². The number of likely N-dealkylation sites (N-methyl/N-ethyl adjacent to an activating group) is 1. The zero-order chi connectivity index (χ0) is 25.2. The van der Waals surface area contributed by atoms with Gasteiger partial charge in [-0.15, -0.1) is 11.3 Å². The topological polar surface area (TPSA) is 151 Å². The van der Waals surface area contributed by atoms with Crippen LogP contribution < -0.4 is 11.5 Å². The second-order valence-corrected chi connectivity index (χ2v) is 11.7. The number of aryl methyl sites for hydroxylation is 2. The molecule has 0 radical (unpaired) electrons. The van der Waals surface area contributed by atoms with Crippen molar-refractivity contribution in [2.45, 2.75) is 44.9 Å². The molecule has 1 atom stereocenters. The molecular formula is C22H34N6O4S2. The fourth-order valence-corrected chi connectivity index (χ4v) is 6.46. The number of amidine groups is 2. The van der Waals surface area contributed by atoms with Gasteiger partial charge in [0.1, 0.15) is 23.2 Å². The Hall–Kier alpha value is -2.41. The third-order valence-electron chi connectivity index (χ3n) is 5.96. The Morgan fingerprint density at radius 3 is 2.38 bits per heavy atom. The molecule has 1 fully saturated rings. The van der Waals surface area contributed by atoms with Crippen LogP contribution in [0.4, 0.5) is 5.69 Å². The molecule has 5 N–H and O–H groups in total. The molecule has 1 aliphatic heterocycles. The first kappa shape index (κ1) is 26.2. The summed E-state index contributed by atoms with van der Waals surface area (Å²) < 4.78 is 33.2. The highest BCUT2D eigenvalue weighted by atomic mass is 32.2. The number of hydrogen-bond acceptors (Lipinski definition) is 8. The molecule has 0 bridgehead atoms. The SMILES string of the molecule is CCN1CCN(S(=O)(=O)c2scc(N=C(N)C(N)=N[C@@H](c3cc(C)c(C)o3)C(C)C)c2O)CC1. The molecule has 2 aromatic rings. The monoisotopic (exact) mass is 510 g/mol. The lowest BCUT2D eigenvalue weighted by atomic mass is 10.0. The van der Waals surface area contributed by atoms with Crippen molar-refractivity contribution >= 4 is 38.7 Å². The van der Waals surface area contributed by atoms with E-state index in [0.29, 0.717) is 31.9 Å². The number of sulfonamides is 1. The molecule has 12 heteroatoms. The third-order valence-corrected chi connectivity index (χ3v) is 9.33. The zero-order valence-corrected chi connectivity index (χ0v) is 21.9. The average molecular weight is 511 g/mol. The Labute approximate surface area is 205 Å². The van der Waals surface area contributed by atoms with Crippen molar-refractivity contribution in [2.24, 2.45) is 27.4 Å². The number of thiophene rings is 1. The summed E-state index contributed by atoms with van der Waals surface area (Å²) in [7, 11) is -3.84. The van der Waals surface area contributed by atoms with Gasteiger partial charge in [-0.25, -0.2) is 13.4 Å². The molecule has 3 heterocycles. The number of aromatic hydroxyl groups is 1. The lowest BCUT2D eigenvalue weighted by Crippen LogP contribution is -2.48. The molecule has 3 rings (SSSR count). The molecule has 34 heavy (non-hydrogen) atoms. The van der Waals surface area contributed by atoms with Crippen LogP contribution in [0.15, 0.2) is 30.1 Å². The molecule has 0 unspecified atom stereocenters. The van der Waals surface area contributed by atoms with Crippen molar-refractivity contribution < 1.29 is 17.9 Å². The van der Waals surface area contributed by atoms with Crippen LogP contribution in [0.2, 0.25) is 0 Å². The van der Waals surface area contributed by atoms with E-state index in [4.69, 9.17) is 15.9 Å². The van der Waals surface area contributed by atoms with Gasteiger partial charge in [0.05, 0.1) is 0 Å². The summed E-state index contributed by atoms with van der Waals surface area (Å²) >= 11 is 0.905. The van der Waals surface area contributed by atoms with Gasteiger partial charge >= 0.3 is 0 Å². The van der Waals surface area contributed by atoms with Crippen molar-refractivity contribution in [3.8, 4) is 5.75 Å². The average Bonchev–Trinajstić information content (AvgIpc) is 3.33. The molecule has 188 valence electrons. The van der Waals surface area contributed by atoms with Gasteiger partial charge in [0.2, 0.25) is 0 Å². The van der Waals surface area contributed by atoms with Crippen LogP contribution in [-0.2, 0) is 10.0 Å². The first-order valence-corrected chi connectivity index (χ1v) is 13.5. The van der Waals surface area contributed by atoms with Gasteiger partial charge in [-0.1, -0.05) is 20.8 Å². The molecule has 10 nitrogen and oxygen atoms in total. The van der Waals surface area contributed by atoms with E-state index in [0.717, 1.165) is 29.2 Å². The summed E-state index contributed by atoms with van der Waals surface area (Å²) in [5, 5.41) is 12.1. The number of nitrogens with zero attached hydrogens (tertiary/aromatic N) is 4. The maximum Gasteiger partial charge on any atom is 0.256 e. The quantitative estimate of drug-likeness (QED) is 0.383. The van der Waals surface area contributed by atoms with Gasteiger partial charge in [-0.3, -0.25) is 4.99 Å². The standard InChI is InChI=1S/C22H34N6O4S2/c1-6-27-7-9-28(10-8-27)34(30,31)22-19(29)16(12-33-22)25-20(23)21(24)26-18(13(2)3)17-11-14(4)15(5)32-17/h11-13,18,29H,6-10H2,1-5H3,(H2,23,25)(H2,24,26)/t18-/m1/s1. The smallest absolute Gasteiger partial charge is 0.256 e. The molecule has 0 saturated carbocycles. The number of rotatable bonds is 7. The van der Waals surface area contributed by atoms with Crippen molar-refractivity contribution in [3.63, 3.8) is 0 Å². The predicted molar refractivity (Wildman–Crippen MR) is 136 cm³/mol. The molecule has 0 aromatic carbocycles. The largest absolute Gasteiger partial charge is 0.504 e. The van der Waals surface area contributed by atoms with E-state index in [9.17, 15) is 13.5 Å². The van der Waals surface area contributed by atoms with Gasteiger partial charge < -0.3 is 25.9 Å². The Morgan fingerprint density at radius 1 is 1.21 bits per heavy atom. The van der Waals surface area contributed by atoms with E-state index >= 15 is 0 Å². The summed E-state index contributed by atoms with van der Waals surface area (Å²) in [4.78, 5) is 10.9. The maximum absolute atomic E-state index is 13.1. The summed E-state index contributed by atoms with van der Waals surface area (Å²) in [6, 6.07) is 1.56. The Balaban J connectivity index is 1.84. The first-order chi connectivity index (χ1) is 15.9. The lowest BCUT2D eigenvalue weighted by molar-refractivity contribution is 0.196. The van der Waals surface area contributed by atoms with Gasteiger partial charge in [-0.05, 0) is 37.9 Å². The number of furan rings is 1. The van der Waals surface area contributed by atoms with Crippen LogP contribution >= 0.6 is 11.3 Å². The third kappa shape index (κ3) is 5.45. The van der Waals surface area contributed by atoms with Crippen molar-refractivity contribution in [1.29, 1.82) is 0 Å². The minimum atomic E-state index is -3.84. The summed E-state index contributed by atoms with van der Waals surface area (Å²) in [6.45, 7) is 12.8. The molecule has 2 aromatic heterocycles. The second kappa shape index (κ2) is 10.5. The molecule has 1 saturated heterocycles. The van der Waals surface area contributed by atoms with Gasteiger partial charge in [-0.2, -0.15) is 4.31 Å². The summed E-state index contributed by atoms with van der Waals surface area (Å²) in [5.74, 6) is 1.00. The molecule has 0 aliphatic carbocycles. The van der Waals surface area contributed by atoms with Crippen LogP contribution in [0.5, 0.6) is 5.75 Å². The molecule has 0 spiro atoms. The maximum atomic E-state index is 13.1. The van der Waals surface area contributed by atoms with E-state index in [1.54, 1.807) is 0 Å². The highest BCUT2D eigenvalue weighted by Gasteiger charge is 2.32. The van der Waals surface area contributed by atoms with Crippen molar-refractivity contribution in [2.75, 3.05) is 32.7 Å².